The van der Waals surface area contributed by atoms with Crippen molar-refractivity contribution in [2.75, 3.05) is 10.2 Å². The second kappa shape index (κ2) is 15.5. The van der Waals surface area contributed by atoms with Gasteiger partial charge in [-0.25, -0.2) is 0 Å². The van der Waals surface area contributed by atoms with E-state index in [0.29, 0.717) is 0 Å². The molecule has 0 aliphatic rings. The van der Waals surface area contributed by atoms with Crippen LogP contribution in [0.15, 0.2) is 237 Å². The Labute approximate surface area is 340 Å². The molecule has 0 saturated carbocycles. The van der Waals surface area contributed by atoms with Gasteiger partial charge in [-0.2, -0.15) is 0 Å². The number of hydrogen-bond acceptors (Lipinski definition) is 2. The Morgan fingerprint density at radius 2 is 0.707 bits per heavy atom. The molecule has 10 rings (SSSR count). The zero-order chi connectivity index (χ0) is 38.7. The van der Waals surface area contributed by atoms with Crippen molar-refractivity contribution in [3.8, 4) is 44.5 Å². The topological polar surface area (TPSA) is 15.3 Å². The first kappa shape index (κ1) is 34.8. The molecular weight excluding hydrogens is 701 g/mol. The maximum Gasteiger partial charge on any atom is 0.0464 e. The summed E-state index contributed by atoms with van der Waals surface area (Å²) < 4.78 is 0. The fourth-order valence-corrected chi connectivity index (χ4v) is 8.03. The van der Waals surface area contributed by atoms with Crippen LogP contribution in [0.4, 0.5) is 28.4 Å². The molecular formula is C56H40N2. The first-order valence-electron chi connectivity index (χ1n) is 19.8. The Morgan fingerprint density at radius 3 is 1.29 bits per heavy atom. The molecule has 58 heavy (non-hydrogen) atoms. The molecule has 0 atom stereocenters. The van der Waals surface area contributed by atoms with Crippen molar-refractivity contribution in [3.63, 3.8) is 0 Å². The minimum absolute atomic E-state index is 1.05. The van der Waals surface area contributed by atoms with E-state index in [2.05, 4.69) is 247 Å². The van der Waals surface area contributed by atoms with E-state index >= 15 is 0 Å². The third-order valence-corrected chi connectivity index (χ3v) is 11.1. The standard InChI is InChI=1S/C56H40N2/c1-3-11-40(12-4-1)43-23-31-50(32-24-43)58(52-35-27-45(28-36-52)48-20-19-41-13-7-8-16-47(41)39-48)51-33-25-44(26-34-51)42-21-29-49(30-22-42)57-56-38-37-53(46-14-5-2-6-15-46)54-17-9-10-18-55(54)56/h1-39,57H. The highest BCUT2D eigenvalue weighted by Gasteiger charge is 2.15. The van der Waals surface area contributed by atoms with Gasteiger partial charge < -0.3 is 10.2 Å². The molecule has 0 unspecified atom stereocenters. The SMILES string of the molecule is c1ccc(-c2ccc(N(c3ccc(-c4ccc(Nc5ccc(-c6ccccc6)c6ccccc56)cc4)cc3)c3ccc(-c4ccc5ccccc5c4)cc3)cc2)cc1. The fourth-order valence-electron chi connectivity index (χ4n) is 8.03. The Bertz CT molecular complexity index is 2970. The lowest BCUT2D eigenvalue weighted by Crippen LogP contribution is -2.09. The highest BCUT2D eigenvalue weighted by Crippen LogP contribution is 2.39. The number of benzene rings is 10. The van der Waals surface area contributed by atoms with Crippen molar-refractivity contribution in [1.29, 1.82) is 0 Å². The van der Waals surface area contributed by atoms with Crippen molar-refractivity contribution >= 4 is 50.0 Å². The number of nitrogens with one attached hydrogen (secondary N) is 1. The fraction of sp³-hybridized carbons (Fsp3) is 0. The quantitative estimate of drug-likeness (QED) is 0.159. The van der Waals surface area contributed by atoms with Crippen molar-refractivity contribution in [3.05, 3.63) is 237 Å². The summed E-state index contributed by atoms with van der Waals surface area (Å²) in [6.07, 6.45) is 0. The van der Waals surface area contributed by atoms with Crippen LogP contribution < -0.4 is 10.2 Å². The van der Waals surface area contributed by atoms with Crippen LogP contribution in [0.3, 0.4) is 0 Å². The van der Waals surface area contributed by atoms with E-state index in [1.54, 1.807) is 0 Å². The Kier molecular flexibility index (Phi) is 9.27. The molecule has 0 bridgehead atoms. The summed E-state index contributed by atoms with van der Waals surface area (Å²) in [4.78, 5) is 2.34. The summed E-state index contributed by atoms with van der Waals surface area (Å²) in [7, 11) is 0. The van der Waals surface area contributed by atoms with E-state index < -0.39 is 0 Å². The average Bonchev–Trinajstić information content (AvgIpc) is 3.31. The van der Waals surface area contributed by atoms with Crippen LogP contribution in [0.2, 0.25) is 0 Å². The summed E-state index contributed by atoms with van der Waals surface area (Å²) >= 11 is 0. The van der Waals surface area contributed by atoms with E-state index in [1.165, 1.54) is 66.1 Å². The van der Waals surface area contributed by atoms with Gasteiger partial charge in [-0.3, -0.25) is 0 Å². The van der Waals surface area contributed by atoms with Crippen molar-refractivity contribution in [2.45, 2.75) is 0 Å². The molecule has 0 heterocycles. The van der Waals surface area contributed by atoms with Gasteiger partial charge in [-0.15, -0.1) is 0 Å². The third-order valence-electron chi connectivity index (χ3n) is 11.1. The monoisotopic (exact) mass is 740 g/mol. The normalized spacial score (nSPS) is 11.1. The lowest BCUT2D eigenvalue weighted by molar-refractivity contribution is 1.28. The van der Waals surface area contributed by atoms with Gasteiger partial charge in [0.2, 0.25) is 0 Å². The van der Waals surface area contributed by atoms with Crippen LogP contribution >= 0.6 is 0 Å². The molecule has 0 radical (unpaired) electrons. The molecule has 0 saturated heterocycles. The first-order chi connectivity index (χ1) is 28.7. The van der Waals surface area contributed by atoms with Gasteiger partial charge >= 0.3 is 0 Å². The maximum atomic E-state index is 3.69. The minimum atomic E-state index is 1.05. The molecule has 0 aromatic heterocycles. The molecule has 0 aliphatic heterocycles. The van der Waals surface area contributed by atoms with E-state index in [1.807, 2.05) is 0 Å². The lowest BCUT2D eigenvalue weighted by Gasteiger charge is -2.26. The summed E-state index contributed by atoms with van der Waals surface area (Å²) in [5.41, 5.74) is 15.0. The zero-order valence-electron chi connectivity index (χ0n) is 32.0. The van der Waals surface area contributed by atoms with Gasteiger partial charge in [-0.1, -0.05) is 176 Å². The number of rotatable bonds is 9. The number of anilines is 5. The zero-order valence-corrected chi connectivity index (χ0v) is 32.0. The van der Waals surface area contributed by atoms with E-state index in [0.717, 1.165) is 28.4 Å². The summed E-state index contributed by atoms with van der Waals surface area (Å²) in [6.45, 7) is 0. The van der Waals surface area contributed by atoms with Gasteiger partial charge in [0.05, 0.1) is 0 Å². The molecule has 0 fully saturated rings. The molecule has 274 valence electrons. The first-order valence-corrected chi connectivity index (χ1v) is 19.8. The van der Waals surface area contributed by atoms with Gasteiger partial charge in [-0.05, 0) is 121 Å². The second-order valence-electron chi connectivity index (χ2n) is 14.7. The largest absolute Gasteiger partial charge is 0.355 e. The van der Waals surface area contributed by atoms with Crippen LogP contribution in [0.1, 0.15) is 0 Å². The Morgan fingerprint density at radius 1 is 0.276 bits per heavy atom. The molecule has 0 amide bonds. The number of hydrogen-bond donors (Lipinski definition) is 1. The predicted molar refractivity (Wildman–Crippen MR) is 248 cm³/mol. The molecule has 2 nitrogen and oxygen atoms in total. The maximum absolute atomic E-state index is 3.69. The van der Waals surface area contributed by atoms with Gasteiger partial charge in [0.1, 0.15) is 0 Å². The summed E-state index contributed by atoms with van der Waals surface area (Å²) in [5.74, 6) is 0. The second-order valence-corrected chi connectivity index (χ2v) is 14.7. The Hall–Kier alpha value is -7.68. The lowest BCUT2D eigenvalue weighted by atomic mass is 9.97. The number of fused-ring (bicyclic) bond motifs is 2. The molecule has 2 heteroatoms. The van der Waals surface area contributed by atoms with Crippen LogP contribution in [-0.2, 0) is 0 Å². The van der Waals surface area contributed by atoms with Gasteiger partial charge in [0, 0.05) is 33.8 Å². The molecule has 1 N–H and O–H groups in total. The summed E-state index contributed by atoms with van der Waals surface area (Å²) in [5, 5.41) is 8.63. The van der Waals surface area contributed by atoms with Crippen LogP contribution in [0.5, 0.6) is 0 Å². The third kappa shape index (κ3) is 7.00. The minimum Gasteiger partial charge on any atom is -0.355 e. The van der Waals surface area contributed by atoms with Crippen LogP contribution in [0, 0.1) is 0 Å². The van der Waals surface area contributed by atoms with Crippen molar-refractivity contribution < 1.29 is 0 Å². The van der Waals surface area contributed by atoms with Crippen LogP contribution in [-0.4, -0.2) is 0 Å². The van der Waals surface area contributed by atoms with Crippen molar-refractivity contribution in [2.24, 2.45) is 0 Å². The molecule has 0 aliphatic carbocycles. The van der Waals surface area contributed by atoms with E-state index in [9.17, 15) is 0 Å². The highest BCUT2D eigenvalue weighted by atomic mass is 15.1. The van der Waals surface area contributed by atoms with Crippen molar-refractivity contribution in [1.82, 2.24) is 0 Å². The highest BCUT2D eigenvalue weighted by molar-refractivity contribution is 6.04. The number of nitrogens with zero attached hydrogens (tertiary/aromatic N) is 1. The van der Waals surface area contributed by atoms with Gasteiger partial charge in [0.25, 0.3) is 0 Å². The Balaban J connectivity index is 0.931. The van der Waals surface area contributed by atoms with Gasteiger partial charge in [0.15, 0.2) is 0 Å². The average molecular weight is 741 g/mol. The van der Waals surface area contributed by atoms with E-state index in [4.69, 9.17) is 0 Å². The van der Waals surface area contributed by atoms with Crippen LogP contribution in [0.25, 0.3) is 66.1 Å². The molecule has 10 aromatic carbocycles. The van der Waals surface area contributed by atoms with E-state index in [-0.39, 0.29) is 0 Å². The summed E-state index contributed by atoms with van der Waals surface area (Å²) in [6, 6.07) is 84.8. The molecule has 0 spiro atoms. The smallest absolute Gasteiger partial charge is 0.0464 e. The predicted octanol–water partition coefficient (Wildman–Crippen LogP) is 15.9. The molecule has 10 aromatic rings.